The van der Waals surface area contributed by atoms with Crippen LogP contribution in [0.4, 0.5) is 5.82 Å². The molecule has 1 spiro atoms. The van der Waals surface area contributed by atoms with Crippen LogP contribution in [0.5, 0.6) is 0 Å². The van der Waals surface area contributed by atoms with Gasteiger partial charge < -0.3 is 9.80 Å². The minimum absolute atomic E-state index is 0.0863. The van der Waals surface area contributed by atoms with E-state index in [9.17, 15) is 14.4 Å². The van der Waals surface area contributed by atoms with Crippen molar-refractivity contribution in [2.45, 2.75) is 32.1 Å². The fourth-order valence-corrected chi connectivity index (χ4v) is 3.96. The smallest absolute Gasteiger partial charge is 0.274 e. The zero-order chi connectivity index (χ0) is 17.4. The normalized spacial score (nSPS) is 26.4. The lowest BCUT2D eigenvalue weighted by Crippen LogP contribution is -2.37. The van der Waals surface area contributed by atoms with Gasteiger partial charge in [0.25, 0.3) is 5.91 Å². The summed E-state index contributed by atoms with van der Waals surface area (Å²) in [6, 6.07) is 0. The van der Waals surface area contributed by atoms with E-state index in [4.69, 9.17) is 0 Å². The largest absolute Gasteiger partial charge is 0.354 e. The zero-order valence-corrected chi connectivity index (χ0v) is 14.0. The Morgan fingerprint density at radius 3 is 2.64 bits per heavy atom. The second-order valence-electron chi connectivity index (χ2n) is 7.12. The Morgan fingerprint density at radius 1 is 1.12 bits per heavy atom. The molecule has 0 saturated carbocycles. The number of anilines is 1. The first kappa shape index (κ1) is 16.0. The summed E-state index contributed by atoms with van der Waals surface area (Å²) in [4.78, 5) is 48.7. The van der Waals surface area contributed by atoms with Gasteiger partial charge in [0.1, 0.15) is 11.5 Å². The SMILES string of the molecule is O=C1C[C@@]2(CCN(c3cncc(C(=O)N4CCCCC4)n3)C2)C(=O)N1. The zero-order valence-electron chi connectivity index (χ0n) is 14.0. The van der Waals surface area contributed by atoms with Crippen molar-refractivity contribution < 1.29 is 14.4 Å². The summed E-state index contributed by atoms with van der Waals surface area (Å²) in [5, 5.41) is 2.39. The number of carbonyl (C=O) groups is 3. The lowest BCUT2D eigenvalue weighted by atomic mass is 9.85. The van der Waals surface area contributed by atoms with Crippen molar-refractivity contribution in [1.29, 1.82) is 0 Å². The summed E-state index contributed by atoms with van der Waals surface area (Å²) in [6.07, 6.45) is 7.15. The van der Waals surface area contributed by atoms with Crippen molar-refractivity contribution in [2.75, 3.05) is 31.1 Å². The Kier molecular flexibility index (Phi) is 3.89. The summed E-state index contributed by atoms with van der Waals surface area (Å²) in [6.45, 7) is 2.58. The molecule has 0 unspecified atom stereocenters. The molecule has 132 valence electrons. The molecule has 0 aliphatic carbocycles. The van der Waals surface area contributed by atoms with Gasteiger partial charge in [0.05, 0.1) is 17.8 Å². The quantitative estimate of drug-likeness (QED) is 0.779. The van der Waals surface area contributed by atoms with E-state index in [1.54, 1.807) is 6.20 Å². The van der Waals surface area contributed by atoms with Gasteiger partial charge in [-0.1, -0.05) is 0 Å². The summed E-state index contributed by atoms with van der Waals surface area (Å²) < 4.78 is 0. The van der Waals surface area contributed by atoms with Crippen molar-refractivity contribution in [2.24, 2.45) is 5.41 Å². The van der Waals surface area contributed by atoms with Crippen molar-refractivity contribution >= 4 is 23.5 Å². The number of imide groups is 1. The molecule has 1 aromatic heterocycles. The minimum Gasteiger partial charge on any atom is -0.354 e. The molecule has 3 saturated heterocycles. The number of nitrogens with zero attached hydrogens (tertiary/aromatic N) is 4. The number of amides is 3. The van der Waals surface area contributed by atoms with Crippen molar-refractivity contribution in [1.82, 2.24) is 20.2 Å². The van der Waals surface area contributed by atoms with Crippen LogP contribution in [-0.4, -0.2) is 58.8 Å². The van der Waals surface area contributed by atoms with Gasteiger partial charge >= 0.3 is 0 Å². The number of nitrogens with one attached hydrogen (secondary N) is 1. The monoisotopic (exact) mass is 343 g/mol. The van der Waals surface area contributed by atoms with E-state index in [0.29, 0.717) is 31.0 Å². The van der Waals surface area contributed by atoms with Gasteiger partial charge in [0, 0.05) is 32.6 Å². The number of likely N-dealkylation sites (tertiary alicyclic amines) is 1. The molecule has 1 N–H and O–H groups in total. The molecule has 25 heavy (non-hydrogen) atoms. The number of rotatable bonds is 2. The van der Waals surface area contributed by atoms with Crippen LogP contribution < -0.4 is 10.2 Å². The molecule has 3 fully saturated rings. The molecule has 3 aliphatic rings. The third-order valence-electron chi connectivity index (χ3n) is 5.40. The Morgan fingerprint density at radius 2 is 1.92 bits per heavy atom. The van der Waals surface area contributed by atoms with E-state index < -0.39 is 5.41 Å². The summed E-state index contributed by atoms with van der Waals surface area (Å²) in [5.41, 5.74) is -0.321. The van der Waals surface area contributed by atoms with E-state index >= 15 is 0 Å². The van der Waals surface area contributed by atoms with Crippen LogP contribution in [0.2, 0.25) is 0 Å². The maximum atomic E-state index is 12.6. The third kappa shape index (κ3) is 2.85. The Labute approximate surface area is 145 Å². The predicted octanol–water partition coefficient (Wildman–Crippen LogP) is 0.346. The van der Waals surface area contributed by atoms with E-state index in [1.165, 1.54) is 6.20 Å². The van der Waals surface area contributed by atoms with Crippen LogP contribution in [-0.2, 0) is 9.59 Å². The topological polar surface area (TPSA) is 95.5 Å². The maximum Gasteiger partial charge on any atom is 0.274 e. The molecule has 3 amide bonds. The number of piperidine rings is 1. The number of hydrogen-bond acceptors (Lipinski definition) is 6. The standard InChI is InChI=1S/C17H21N5O3/c23-14-8-17(16(25)20-14)4-7-22(11-17)13-10-18-9-12(19-13)15(24)21-5-2-1-3-6-21/h9-10H,1-8,11H2,(H,20,23,25)/t17-/m1/s1. The van der Waals surface area contributed by atoms with E-state index in [0.717, 1.165) is 32.4 Å². The highest BCUT2D eigenvalue weighted by molar-refractivity contribution is 6.06. The Bertz CT molecular complexity index is 731. The van der Waals surface area contributed by atoms with Crippen molar-refractivity contribution in [3.8, 4) is 0 Å². The number of aromatic nitrogens is 2. The lowest BCUT2D eigenvalue weighted by Gasteiger charge is -2.26. The maximum absolute atomic E-state index is 12.6. The van der Waals surface area contributed by atoms with Gasteiger partial charge in [-0.3, -0.25) is 24.7 Å². The average Bonchev–Trinajstić information content (AvgIpc) is 3.18. The van der Waals surface area contributed by atoms with Crippen molar-refractivity contribution in [3.63, 3.8) is 0 Å². The molecule has 8 heteroatoms. The van der Waals surface area contributed by atoms with Gasteiger partial charge in [-0.25, -0.2) is 4.98 Å². The first-order valence-electron chi connectivity index (χ1n) is 8.78. The second-order valence-corrected chi connectivity index (χ2v) is 7.12. The Hall–Kier alpha value is -2.51. The highest BCUT2D eigenvalue weighted by Crippen LogP contribution is 2.38. The van der Waals surface area contributed by atoms with E-state index in [-0.39, 0.29) is 24.1 Å². The first-order valence-corrected chi connectivity index (χ1v) is 8.78. The van der Waals surface area contributed by atoms with Gasteiger partial charge in [-0.2, -0.15) is 0 Å². The van der Waals surface area contributed by atoms with Gasteiger partial charge in [0.15, 0.2) is 0 Å². The lowest BCUT2D eigenvalue weighted by molar-refractivity contribution is -0.127. The molecule has 0 radical (unpaired) electrons. The van der Waals surface area contributed by atoms with Crippen LogP contribution in [0.25, 0.3) is 0 Å². The second kappa shape index (κ2) is 6.09. The number of carbonyl (C=O) groups excluding carboxylic acids is 3. The van der Waals surface area contributed by atoms with Crippen LogP contribution in [0.3, 0.4) is 0 Å². The molecule has 4 heterocycles. The molecule has 3 aliphatic heterocycles. The van der Waals surface area contributed by atoms with Crippen molar-refractivity contribution in [3.05, 3.63) is 18.1 Å². The van der Waals surface area contributed by atoms with Gasteiger partial charge in [-0.15, -0.1) is 0 Å². The molecule has 8 nitrogen and oxygen atoms in total. The van der Waals surface area contributed by atoms with E-state index in [1.807, 2.05) is 9.80 Å². The van der Waals surface area contributed by atoms with Crippen LogP contribution in [0, 0.1) is 5.41 Å². The molecule has 4 rings (SSSR count). The number of hydrogen-bond donors (Lipinski definition) is 1. The first-order chi connectivity index (χ1) is 12.1. The molecule has 0 aromatic carbocycles. The average molecular weight is 343 g/mol. The fraction of sp³-hybridized carbons (Fsp3) is 0.588. The van der Waals surface area contributed by atoms with Gasteiger partial charge in [-0.05, 0) is 25.7 Å². The minimum atomic E-state index is -0.661. The molecule has 1 aromatic rings. The predicted molar refractivity (Wildman–Crippen MR) is 88.8 cm³/mol. The summed E-state index contributed by atoms with van der Waals surface area (Å²) in [7, 11) is 0. The highest BCUT2D eigenvalue weighted by Gasteiger charge is 2.51. The van der Waals surface area contributed by atoms with Crippen LogP contribution in [0.15, 0.2) is 12.4 Å². The Balaban J connectivity index is 1.51. The van der Waals surface area contributed by atoms with Crippen LogP contribution in [0.1, 0.15) is 42.6 Å². The molecular weight excluding hydrogens is 322 g/mol. The highest BCUT2D eigenvalue weighted by atomic mass is 16.2. The van der Waals surface area contributed by atoms with E-state index in [2.05, 4.69) is 15.3 Å². The summed E-state index contributed by atoms with van der Waals surface area (Å²) >= 11 is 0. The third-order valence-corrected chi connectivity index (χ3v) is 5.40. The fourth-order valence-electron chi connectivity index (χ4n) is 3.96. The van der Waals surface area contributed by atoms with Gasteiger partial charge in [0.2, 0.25) is 11.8 Å². The molecule has 1 atom stereocenters. The summed E-state index contributed by atoms with van der Waals surface area (Å²) in [5.74, 6) is 0.0871. The van der Waals surface area contributed by atoms with Crippen LogP contribution >= 0.6 is 0 Å². The molecule has 0 bridgehead atoms. The molecular formula is C17H21N5O3.